The first-order valence-corrected chi connectivity index (χ1v) is 6.51. The smallest absolute Gasteiger partial charge is 0.237 e. The Morgan fingerprint density at radius 2 is 2.07 bits per heavy atom. The van der Waals surface area contributed by atoms with Crippen molar-refractivity contribution in [2.75, 3.05) is 18.6 Å². The monoisotopic (exact) mass is 218 g/mol. The highest BCUT2D eigenvalue weighted by Gasteiger charge is 2.15. The second-order valence-electron chi connectivity index (χ2n) is 3.76. The molecule has 0 aromatic heterocycles. The van der Waals surface area contributed by atoms with E-state index in [-0.39, 0.29) is 17.9 Å². The SMILES string of the molecule is CSCCCCNC(=O)[C@H](N)C(C)C. The van der Waals surface area contributed by atoms with Crippen molar-refractivity contribution < 1.29 is 4.79 Å². The van der Waals surface area contributed by atoms with Crippen LogP contribution in [-0.4, -0.2) is 30.5 Å². The summed E-state index contributed by atoms with van der Waals surface area (Å²) in [5, 5.41) is 2.85. The van der Waals surface area contributed by atoms with Crippen LogP contribution in [0.4, 0.5) is 0 Å². The fraction of sp³-hybridized carbons (Fsp3) is 0.900. The summed E-state index contributed by atoms with van der Waals surface area (Å²) in [4.78, 5) is 11.4. The Kier molecular flexibility index (Phi) is 7.99. The summed E-state index contributed by atoms with van der Waals surface area (Å²) >= 11 is 1.83. The molecule has 14 heavy (non-hydrogen) atoms. The van der Waals surface area contributed by atoms with E-state index in [1.807, 2.05) is 25.6 Å². The highest BCUT2D eigenvalue weighted by Crippen LogP contribution is 1.99. The van der Waals surface area contributed by atoms with Crippen molar-refractivity contribution >= 4 is 17.7 Å². The predicted octanol–water partition coefficient (Wildman–Crippen LogP) is 1.23. The molecular formula is C10H22N2OS. The van der Waals surface area contributed by atoms with E-state index >= 15 is 0 Å². The molecule has 0 bridgehead atoms. The molecule has 0 fully saturated rings. The van der Waals surface area contributed by atoms with E-state index in [0.717, 1.165) is 25.1 Å². The van der Waals surface area contributed by atoms with Crippen molar-refractivity contribution in [3.05, 3.63) is 0 Å². The Morgan fingerprint density at radius 3 is 2.57 bits per heavy atom. The molecule has 3 nitrogen and oxygen atoms in total. The number of hydrogen-bond acceptors (Lipinski definition) is 3. The van der Waals surface area contributed by atoms with Crippen LogP contribution in [0.15, 0.2) is 0 Å². The lowest BCUT2D eigenvalue weighted by atomic mass is 10.1. The van der Waals surface area contributed by atoms with Crippen LogP contribution in [-0.2, 0) is 4.79 Å². The number of unbranched alkanes of at least 4 members (excludes halogenated alkanes) is 1. The number of thioether (sulfide) groups is 1. The maximum Gasteiger partial charge on any atom is 0.237 e. The molecule has 84 valence electrons. The maximum absolute atomic E-state index is 11.4. The average Bonchev–Trinajstić information content (AvgIpc) is 2.16. The zero-order valence-electron chi connectivity index (χ0n) is 9.38. The number of carbonyl (C=O) groups is 1. The largest absolute Gasteiger partial charge is 0.355 e. The third-order valence-corrected chi connectivity index (χ3v) is 2.79. The first-order valence-electron chi connectivity index (χ1n) is 5.11. The van der Waals surface area contributed by atoms with Gasteiger partial charge in [0.05, 0.1) is 6.04 Å². The van der Waals surface area contributed by atoms with E-state index in [4.69, 9.17) is 5.73 Å². The van der Waals surface area contributed by atoms with Gasteiger partial charge in [-0.3, -0.25) is 4.79 Å². The van der Waals surface area contributed by atoms with Crippen LogP contribution in [0, 0.1) is 5.92 Å². The summed E-state index contributed by atoms with van der Waals surface area (Å²) in [6.07, 6.45) is 4.28. The number of carbonyl (C=O) groups excluding carboxylic acids is 1. The van der Waals surface area contributed by atoms with Gasteiger partial charge in [-0.05, 0) is 30.8 Å². The van der Waals surface area contributed by atoms with Crippen LogP contribution in [0.2, 0.25) is 0 Å². The predicted molar refractivity (Wildman–Crippen MR) is 63.4 cm³/mol. The van der Waals surface area contributed by atoms with Gasteiger partial charge in [0, 0.05) is 6.54 Å². The van der Waals surface area contributed by atoms with Gasteiger partial charge in [0.2, 0.25) is 5.91 Å². The van der Waals surface area contributed by atoms with Gasteiger partial charge in [-0.15, -0.1) is 0 Å². The Hall–Kier alpha value is -0.220. The van der Waals surface area contributed by atoms with Crippen LogP contribution in [0.25, 0.3) is 0 Å². The minimum Gasteiger partial charge on any atom is -0.355 e. The molecule has 0 aliphatic heterocycles. The highest BCUT2D eigenvalue weighted by molar-refractivity contribution is 7.98. The van der Waals surface area contributed by atoms with E-state index in [9.17, 15) is 4.79 Å². The first-order chi connectivity index (χ1) is 6.59. The second kappa shape index (κ2) is 8.12. The zero-order chi connectivity index (χ0) is 11.0. The molecule has 0 saturated heterocycles. The van der Waals surface area contributed by atoms with Gasteiger partial charge in [0.15, 0.2) is 0 Å². The average molecular weight is 218 g/mol. The molecule has 1 atom stereocenters. The molecule has 1 amide bonds. The number of hydrogen-bond donors (Lipinski definition) is 2. The van der Waals surface area contributed by atoms with Gasteiger partial charge < -0.3 is 11.1 Å². The van der Waals surface area contributed by atoms with E-state index in [0.29, 0.717) is 0 Å². The Balaban J connectivity index is 3.44. The summed E-state index contributed by atoms with van der Waals surface area (Å²) in [6.45, 7) is 4.66. The van der Waals surface area contributed by atoms with Crippen LogP contribution in [0.5, 0.6) is 0 Å². The van der Waals surface area contributed by atoms with Crippen molar-refractivity contribution in [2.24, 2.45) is 11.7 Å². The molecule has 0 aliphatic carbocycles. The number of rotatable bonds is 7. The molecule has 0 saturated carbocycles. The van der Waals surface area contributed by atoms with E-state index < -0.39 is 0 Å². The Morgan fingerprint density at radius 1 is 1.43 bits per heavy atom. The summed E-state index contributed by atoms with van der Waals surface area (Å²) in [6, 6.07) is -0.365. The van der Waals surface area contributed by atoms with E-state index in [2.05, 4.69) is 11.6 Å². The molecule has 0 aromatic rings. The van der Waals surface area contributed by atoms with Gasteiger partial charge in [-0.25, -0.2) is 0 Å². The second-order valence-corrected chi connectivity index (χ2v) is 4.75. The van der Waals surface area contributed by atoms with Gasteiger partial charge >= 0.3 is 0 Å². The fourth-order valence-electron chi connectivity index (χ4n) is 1.00. The molecule has 0 radical (unpaired) electrons. The van der Waals surface area contributed by atoms with Gasteiger partial charge in [0.25, 0.3) is 0 Å². The van der Waals surface area contributed by atoms with E-state index in [1.165, 1.54) is 0 Å². The van der Waals surface area contributed by atoms with Crippen LogP contribution < -0.4 is 11.1 Å². The summed E-state index contributed by atoms with van der Waals surface area (Å²) < 4.78 is 0. The number of nitrogens with one attached hydrogen (secondary N) is 1. The third-order valence-electron chi connectivity index (χ3n) is 2.10. The summed E-state index contributed by atoms with van der Waals surface area (Å²) in [5.74, 6) is 1.34. The fourth-order valence-corrected chi connectivity index (χ4v) is 1.50. The zero-order valence-corrected chi connectivity index (χ0v) is 10.2. The lowest BCUT2D eigenvalue weighted by Crippen LogP contribution is -2.44. The van der Waals surface area contributed by atoms with Crippen LogP contribution in [0.1, 0.15) is 26.7 Å². The molecule has 0 heterocycles. The topological polar surface area (TPSA) is 55.1 Å². The maximum atomic E-state index is 11.4. The molecule has 0 rings (SSSR count). The molecule has 3 N–H and O–H groups in total. The molecule has 0 aromatic carbocycles. The third kappa shape index (κ3) is 6.27. The van der Waals surface area contributed by atoms with Gasteiger partial charge in [-0.2, -0.15) is 11.8 Å². The van der Waals surface area contributed by atoms with Crippen molar-refractivity contribution in [3.63, 3.8) is 0 Å². The molecule has 0 unspecified atom stereocenters. The lowest BCUT2D eigenvalue weighted by Gasteiger charge is -2.15. The van der Waals surface area contributed by atoms with Crippen LogP contribution >= 0.6 is 11.8 Å². The Bertz CT molecular complexity index is 162. The van der Waals surface area contributed by atoms with Gasteiger partial charge in [0.1, 0.15) is 0 Å². The minimum atomic E-state index is -0.365. The van der Waals surface area contributed by atoms with Crippen LogP contribution in [0.3, 0.4) is 0 Å². The normalized spacial score (nSPS) is 12.9. The Labute approximate surface area is 91.2 Å². The van der Waals surface area contributed by atoms with Crippen molar-refractivity contribution in [1.82, 2.24) is 5.32 Å². The minimum absolute atomic E-state index is 0.0239. The van der Waals surface area contributed by atoms with Crippen molar-refractivity contribution in [1.29, 1.82) is 0 Å². The highest BCUT2D eigenvalue weighted by atomic mass is 32.2. The summed E-state index contributed by atoms with van der Waals surface area (Å²) in [5.41, 5.74) is 5.68. The number of nitrogens with two attached hydrogens (primary N) is 1. The molecule has 0 spiro atoms. The molecule has 0 aliphatic rings. The quantitative estimate of drug-likeness (QED) is 0.632. The first kappa shape index (κ1) is 13.8. The van der Waals surface area contributed by atoms with Crippen molar-refractivity contribution in [2.45, 2.75) is 32.7 Å². The van der Waals surface area contributed by atoms with Crippen molar-refractivity contribution in [3.8, 4) is 0 Å². The lowest BCUT2D eigenvalue weighted by molar-refractivity contribution is -0.123. The molecular weight excluding hydrogens is 196 g/mol. The standard InChI is InChI=1S/C10H22N2OS/c1-8(2)9(11)10(13)12-6-4-5-7-14-3/h8-9H,4-7,11H2,1-3H3,(H,12,13)/t9-/m1/s1. The van der Waals surface area contributed by atoms with Gasteiger partial charge in [-0.1, -0.05) is 13.8 Å². The summed E-state index contributed by atoms with van der Waals surface area (Å²) in [7, 11) is 0. The van der Waals surface area contributed by atoms with E-state index in [1.54, 1.807) is 0 Å². The molecule has 4 heteroatoms. The number of amides is 1.